The molecule has 0 radical (unpaired) electrons. The van der Waals surface area contributed by atoms with Crippen molar-refractivity contribution in [3.63, 3.8) is 0 Å². The predicted molar refractivity (Wildman–Crippen MR) is 81.8 cm³/mol. The van der Waals surface area contributed by atoms with Gasteiger partial charge in [0, 0.05) is 11.6 Å². The molecular weight excluding hydrogens is 262 g/mol. The van der Waals surface area contributed by atoms with Crippen molar-refractivity contribution in [1.82, 2.24) is 5.32 Å². The topological polar surface area (TPSA) is 49.3 Å². The van der Waals surface area contributed by atoms with Gasteiger partial charge in [0.2, 0.25) is 0 Å². The number of hydrogen-bond donors (Lipinski definition) is 2. The van der Waals surface area contributed by atoms with E-state index < -0.39 is 0 Å². The van der Waals surface area contributed by atoms with Crippen LogP contribution in [-0.2, 0) is 0 Å². The Balaban J connectivity index is 1.79. The minimum atomic E-state index is -0.193. The highest BCUT2D eigenvalue weighted by atomic mass is 16.2. The maximum Gasteiger partial charge on any atom is 0.252 e. The molecule has 0 saturated heterocycles. The van der Waals surface area contributed by atoms with E-state index in [1.165, 1.54) is 25.7 Å². The lowest BCUT2D eigenvalue weighted by atomic mass is 10.0. The van der Waals surface area contributed by atoms with E-state index in [2.05, 4.69) is 17.2 Å². The fourth-order valence-electron chi connectivity index (χ4n) is 2.85. The van der Waals surface area contributed by atoms with Gasteiger partial charge in [-0.1, -0.05) is 17.9 Å². The van der Waals surface area contributed by atoms with Crippen molar-refractivity contribution in [3.8, 4) is 11.8 Å². The average Bonchev–Trinajstić information content (AvgIpc) is 3.35. The molecular formula is C18H21NO2. The van der Waals surface area contributed by atoms with Crippen LogP contribution in [0.15, 0.2) is 18.2 Å². The second-order valence-corrected chi connectivity index (χ2v) is 6.18. The van der Waals surface area contributed by atoms with Crippen molar-refractivity contribution in [2.24, 2.45) is 11.8 Å². The Morgan fingerprint density at radius 2 is 2.00 bits per heavy atom. The summed E-state index contributed by atoms with van der Waals surface area (Å²) in [6.45, 7) is 1.78. The zero-order chi connectivity index (χ0) is 14.8. The number of carbonyl (C=O) groups excluding carboxylic acids is 1. The van der Waals surface area contributed by atoms with Crippen LogP contribution >= 0.6 is 0 Å². The van der Waals surface area contributed by atoms with Crippen LogP contribution in [0, 0.1) is 30.6 Å². The second-order valence-electron chi connectivity index (χ2n) is 6.18. The van der Waals surface area contributed by atoms with Crippen LogP contribution in [-0.4, -0.2) is 23.7 Å². The van der Waals surface area contributed by atoms with E-state index >= 15 is 0 Å². The van der Waals surface area contributed by atoms with Gasteiger partial charge in [0.25, 0.3) is 5.91 Å². The Labute approximate surface area is 125 Å². The van der Waals surface area contributed by atoms with Gasteiger partial charge in [-0.05, 0) is 62.1 Å². The number of aliphatic hydroxyl groups is 1. The van der Waals surface area contributed by atoms with Crippen LogP contribution in [0.25, 0.3) is 0 Å². The number of aryl methyl sites for hydroxylation is 1. The Hall–Kier alpha value is -1.79. The Bertz CT molecular complexity index is 591. The standard InChI is InChI=1S/C18H21NO2/c1-12-4-9-16(15(11-12)3-2-10-20)18(21)19-17(13-5-6-13)14-7-8-14/h4,9,11,13-14,17,20H,5-8,10H2,1H3,(H,19,21). The van der Waals surface area contributed by atoms with Gasteiger partial charge in [0.1, 0.15) is 6.61 Å². The number of aliphatic hydroxyl groups excluding tert-OH is 1. The average molecular weight is 283 g/mol. The fraction of sp³-hybridized carbons (Fsp3) is 0.500. The van der Waals surface area contributed by atoms with E-state index in [1.807, 2.05) is 25.1 Å². The molecule has 1 aromatic rings. The van der Waals surface area contributed by atoms with Crippen molar-refractivity contribution >= 4 is 5.91 Å². The van der Waals surface area contributed by atoms with Crippen molar-refractivity contribution in [1.29, 1.82) is 0 Å². The van der Waals surface area contributed by atoms with Gasteiger partial charge in [0.15, 0.2) is 0 Å². The van der Waals surface area contributed by atoms with E-state index in [0.717, 1.165) is 5.56 Å². The molecule has 3 heteroatoms. The summed E-state index contributed by atoms with van der Waals surface area (Å²) >= 11 is 0. The van der Waals surface area contributed by atoms with Crippen LogP contribution in [0.5, 0.6) is 0 Å². The lowest BCUT2D eigenvalue weighted by molar-refractivity contribution is 0.0926. The summed E-state index contributed by atoms with van der Waals surface area (Å²) in [7, 11) is 0. The number of rotatable bonds is 4. The van der Waals surface area contributed by atoms with Gasteiger partial charge in [-0.25, -0.2) is 0 Å². The molecule has 0 heterocycles. The molecule has 2 aliphatic carbocycles. The molecule has 0 atom stereocenters. The largest absolute Gasteiger partial charge is 0.384 e. The van der Waals surface area contributed by atoms with Gasteiger partial charge < -0.3 is 10.4 Å². The molecule has 2 fully saturated rings. The van der Waals surface area contributed by atoms with Crippen LogP contribution in [0.1, 0.15) is 47.2 Å². The molecule has 1 amide bonds. The Kier molecular flexibility index (Phi) is 3.98. The van der Waals surface area contributed by atoms with Crippen molar-refractivity contribution < 1.29 is 9.90 Å². The van der Waals surface area contributed by atoms with Crippen molar-refractivity contribution in [2.75, 3.05) is 6.61 Å². The summed E-state index contributed by atoms with van der Waals surface area (Å²) in [6.07, 6.45) is 4.97. The summed E-state index contributed by atoms with van der Waals surface area (Å²) in [4.78, 5) is 12.6. The van der Waals surface area contributed by atoms with E-state index in [0.29, 0.717) is 29.0 Å². The summed E-state index contributed by atoms with van der Waals surface area (Å²) in [5.41, 5.74) is 2.38. The van der Waals surface area contributed by atoms with Crippen LogP contribution in [0.3, 0.4) is 0 Å². The number of amides is 1. The lowest BCUT2D eigenvalue weighted by Crippen LogP contribution is -2.38. The minimum Gasteiger partial charge on any atom is -0.384 e. The third kappa shape index (κ3) is 3.46. The molecule has 0 spiro atoms. The van der Waals surface area contributed by atoms with E-state index in [4.69, 9.17) is 5.11 Å². The maximum atomic E-state index is 12.6. The van der Waals surface area contributed by atoms with Gasteiger partial charge in [-0.2, -0.15) is 0 Å². The molecule has 2 aliphatic rings. The highest BCUT2D eigenvalue weighted by Crippen LogP contribution is 2.44. The fourth-order valence-corrected chi connectivity index (χ4v) is 2.85. The smallest absolute Gasteiger partial charge is 0.252 e. The highest BCUT2D eigenvalue weighted by Gasteiger charge is 2.42. The van der Waals surface area contributed by atoms with Crippen molar-refractivity contribution in [2.45, 2.75) is 38.6 Å². The first-order valence-electron chi connectivity index (χ1n) is 7.70. The second kappa shape index (κ2) is 5.91. The number of carbonyl (C=O) groups is 1. The van der Waals surface area contributed by atoms with Gasteiger partial charge in [-0.3, -0.25) is 4.79 Å². The van der Waals surface area contributed by atoms with Crippen LogP contribution in [0.2, 0.25) is 0 Å². The van der Waals surface area contributed by atoms with Gasteiger partial charge >= 0.3 is 0 Å². The highest BCUT2D eigenvalue weighted by molar-refractivity contribution is 5.97. The van der Waals surface area contributed by atoms with Crippen LogP contribution in [0.4, 0.5) is 0 Å². The molecule has 0 aliphatic heterocycles. The zero-order valence-corrected chi connectivity index (χ0v) is 12.4. The minimum absolute atomic E-state index is 0.0268. The van der Waals surface area contributed by atoms with Gasteiger partial charge in [-0.15, -0.1) is 0 Å². The summed E-state index contributed by atoms with van der Waals surface area (Å²) in [5.74, 6) is 6.86. The molecule has 0 bridgehead atoms. The van der Waals surface area contributed by atoms with Crippen LogP contribution < -0.4 is 5.32 Å². The molecule has 110 valence electrons. The molecule has 21 heavy (non-hydrogen) atoms. The number of benzene rings is 1. The first-order valence-corrected chi connectivity index (χ1v) is 7.70. The van der Waals surface area contributed by atoms with Gasteiger partial charge in [0.05, 0.1) is 5.56 Å². The molecule has 2 N–H and O–H groups in total. The SMILES string of the molecule is Cc1ccc(C(=O)NC(C2CC2)C2CC2)c(C#CCO)c1. The number of hydrogen-bond acceptors (Lipinski definition) is 2. The maximum absolute atomic E-state index is 12.6. The summed E-state index contributed by atoms with van der Waals surface area (Å²) < 4.78 is 0. The number of nitrogens with one attached hydrogen (secondary N) is 1. The predicted octanol–water partition coefficient (Wildman–Crippen LogP) is 2.26. The molecule has 0 unspecified atom stereocenters. The lowest BCUT2D eigenvalue weighted by Gasteiger charge is -2.18. The third-order valence-electron chi connectivity index (χ3n) is 4.28. The molecule has 3 rings (SSSR count). The Morgan fingerprint density at radius 3 is 2.57 bits per heavy atom. The summed E-state index contributed by atoms with van der Waals surface area (Å²) in [6, 6.07) is 6.02. The Morgan fingerprint density at radius 1 is 1.33 bits per heavy atom. The molecule has 2 saturated carbocycles. The monoisotopic (exact) mass is 283 g/mol. The molecule has 0 aromatic heterocycles. The zero-order valence-electron chi connectivity index (χ0n) is 12.4. The first kappa shape index (κ1) is 14.2. The molecule has 1 aromatic carbocycles. The molecule has 3 nitrogen and oxygen atoms in total. The first-order chi connectivity index (χ1) is 10.2. The van der Waals surface area contributed by atoms with E-state index in [1.54, 1.807) is 0 Å². The van der Waals surface area contributed by atoms with E-state index in [-0.39, 0.29) is 12.5 Å². The quantitative estimate of drug-likeness (QED) is 0.833. The summed E-state index contributed by atoms with van der Waals surface area (Å²) in [5, 5.41) is 12.1. The van der Waals surface area contributed by atoms with Crippen molar-refractivity contribution in [3.05, 3.63) is 34.9 Å². The van der Waals surface area contributed by atoms with E-state index in [9.17, 15) is 4.79 Å². The normalized spacial score (nSPS) is 17.3. The third-order valence-corrected chi connectivity index (χ3v) is 4.28.